The Kier molecular flexibility index (Phi) is 4.61. The predicted molar refractivity (Wildman–Crippen MR) is 112 cm³/mol. The van der Waals surface area contributed by atoms with Gasteiger partial charge in [-0.3, -0.25) is 9.59 Å². The molecule has 7 nitrogen and oxygen atoms in total. The van der Waals surface area contributed by atoms with E-state index in [9.17, 15) is 19.6 Å². The average molecular weight is 465 g/mol. The lowest BCUT2D eigenvalue weighted by Crippen LogP contribution is -2.71. The molecule has 0 radical (unpaired) electrons. The van der Waals surface area contributed by atoms with Crippen LogP contribution in [0.5, 0.6) is 0 Å². The number of halogens is 2. The molecule has 0 unspecified atom stereocenters. The van der Waals surface area contributed by atoms with Gasteiger partial charge in [-0.25, -0.2) is 8.78 Å². The van der Waals surface area contributed by atoms with Crippen molar-refractivity contribution in [2.24, 2.45) is 27.8 Å². The molecule has 3 saturated carbocycles. The molecular weight excluding hydrogens is 436 g/mol. The SMILES string of the molecule is CC1(C)O[C@@H]2C[C@H]3[C@@H]4C[C@H](F)C5=CC(=O)C=C[C@]5(C)[C@@]4(F)[C@@H](O)C[C@]3(C)[C@]2(C(=O)CN=O)O1. The molecule has 0 amide bonds. The number of ketones is 2. The number of nitrogens with zero attached hydrogens (tertiary/aromatic N) is 1. The molecule has 5 aliphatic rings. The third-order valence-electron chi connectivity index (χ3n) is 9.24. The molecule has 1 N–H and O–H groups in total. The van der Waals surface area contributed by atoms with Crippen LogP contribution in [0.1, 0.15) is 47.0 Å². The number of rotatable bonds is 3. The van der Waals surface area contributed by atoms with Gasteiger partial charge in [0.15, 0.2) is 28.6 Å². The first-order valence-electron chi connectivity index (χ1n) is 11.4. The van der Waals surface area contributed by atoms with Crippen LogP contribution in [0.15, 0.2) is 29.0 Å². The fourth-order valence-corrected chi connectivity index (χ4v) is 7.98. The zero-order chi connectivity index (χ0) is 24.2. The van der Waals surface area contributed by atoms with E-state index in [0.717, 1.165) is 6.08 Å². The molecule has 0 aromatic rings. The van der Waals surface area contributed by atoms with Gasteiger partial charge in [0, 0.05) is 16.7 Å². The van der Waals surface area contributed by atoms with Crippen LogP contribution in [0.4, 0.5) is 8.78 Å². The van der Waals surface area contributed by atoms with Crippen LogP contribution in [0.3, 0.4) is 0 Å². The number of alkyl halides is 2. The Morgan fingerprint density at radius 2 is 1.94 bits per heavy atom. The number of hydrogen-bond donors (Lipinski definition) is 1. The number of fused-ring (bicyclic) bond motifs is 7. The van der Waals surface area contributed by atoms with Gasteiger partial charge in [0.2, 0.25) is 0 Å². The minimum Gasteiger partial charge on any atom is -0.390 e. The Balaban J connectivity index is 1.66. The van der Waals surface area contributed by atoms with Gasteiger partial charge in [0.25, 0.3) is 0 Å². The highest BCUT2D eigenvalue weighted by Gasteiger charge is 2.80. The van der Waals surface area contributed by atoms with Gasteiger partial charge in [-0.15, -0.1) is 0 Å². The summed E-state index contributed by atoms with van der Waals surface area (Å²) in [7, 11) is 0. The second kappa shape index (κ2) is 6.64. The molecule has 4 fully saturated rings. The van der Waals surface area contributed by atoms with E-state index in [1.165, 1.54) is 19.1 Å². The molecule has 5 rings (SSSR count). The molecule has 33 heavy (non-hydrogen) atoms. The summed E-state index contributed by atoms with van der Waals surface area (Å²) in [5, 5.41) is 14.1. The molecule has 9 atom stereocenters. The normalized spacial score (nSPS) is 51.8. The molecule has 0 aromatic carbocycles. The first-order chi connectivity index (χ1) is 15.3. The first kappa shape index (κ1) is 22.9. The highest BCUT2D eigenvalue weighted by atomic mass is 19.1. The van der Waals surface area contributed by atoms with Crippen molar-refractivity contribution in [1.82, 2.24) is 0 Å². The van der Waals surface area contributed by atoms with Crippen molar-refractivity contribution >= 4 is 11.6 Å². The molecule has 0 aromatic heterocycles. The number of ether oxygens (including phenoxy) is 2. The van der Waals surface area contributed by atoms with E-state index >= 15 is 8.78 Å². The molecule has 4 aliphatic carbocycles. The summed E-state index contributed by atoms with van der Waals surface area (Å²) in [6, 6.07) is 0. The number of allylic oxidation sites excluding steroid dienone is 4. The molecule has 9 heteroatoms. The molecule has 1 saturated heterocycles. The summed E-state index contributed by atoms with van der Waals surface area (Å²) >= 11 is 0. The Bertz CT molecular complexity index is 1010. The Morgan fingerprint density at radius 1 is 1.24 bits per heavy atom. The average Bonchev–Trinajstić information content (AvgIpc) is 3.13. The van der Waals surface area contributed by atoms with Crippen LogP contribution in [-0.4, -0.2) is 58.7 Å². The Morgan fingerprint density at radius 3 is 2.61 bits per heavy atom. The van der Waals surface area contributed by atoms with Crippen molar-refractivity contribution in [2.45, 2.75) is 82.4 Å². The smallest absolute Gasteiger partial charge is 0.192 e. The number of Topliss-reactive ketones (excluding diaryl/α,β-unsaturated/α-hetero) is 1. The number of aliphatic hydroxyl groups excluding tert-OH is 1. The summed E-state index contributed by atoms with van der Waals surface area (Å²) in [6.45, 7) is 5.95. The van der Waals surface area contributed by atoms with Gasteiger partial charge < -0.3 is 14.6 Å². The third-order valence-corrected chi connectivity index (χ3v) is 9.24. The van der Waals surface area contributed by atoms with Crippen LogP contribution in [-0.2, 0) is 19.1 Å². The van der Waals surface area contributed by atoms with Gasteiger partial charge in [-0.2, -0.15) is 4.91 Å². The van der Waals surface area contributed by atoms with E-state index in [2.05, 4.69) is 5.18 Å². The van der Waals surface area contributed by atoms with Crippen LogP contribution < -0.4 is 0 Å². The van der Waals surface area contributed by atoms with Gasteiger partial charge in [0.1, 0.15) is 12.7 Å². The topological polar surface area (TPSA) is 102 Å². The van der Waals surface area contributed by atoms with Crippen molar-refractivity contribution in [2.75, 3.05) is 6.54 Å². The van der Waals surface area contributed by atoms with E-state index in [-0.39, 0.29) is 24.8 Å². The fourth-order valence-electron chi connectivity index (χ4n) is 7.98. The van der Waals surface area contributed by atoms with Crippen LogP contribution in [0.2, 0.25) is 0 Å². The summed E-state index contributed by atoms with van der Waals surface area (Å²) in [5.74, 6) is -3.64. The molecular formula is C24H29F2NO6. The van der Waals surface area contributed by atoms with Crippen molar-refractivity contribution < 1.29 is 33.0 Å². The minimum absolute atomic E-state index is 0.0409. The number of carbonyl (C=O) groups is 2. The summed E-state index contributed by atoms with van der Waals surface area (Å²) in [6.07, 6.45) is -0.346. The summed E-state index contributed by atoms with van der Waals surface area (Å²) in [4.78, 5) is 36.3. The van der Waals surface area contributed by atoms with Crippen LogP contribution in [0.25, 0.3) is 0 Å². The lowest BCUT2D eigenvalue weighted by molar-refractivity contribution is -0.248. The van der Waals surface area contributed by atoms with Crippen LogP contribution in [0, 0.1) is 27.6 Å². The maximum Gasteiger partial charge on any atom is 0.192 e. The Labute approximate surface area is 190 Å². The summed E-state index contributed by atoms with van der Waals surface area (Å²) < 4.78 is 45.0. The molecule has 0 bridgehead atoms. The van der Waals surface area contributed by atoms with Crippen molar-refractivity contribution in [3.05, 3.63) is 28.7 Å². The number of carbonyl (C=O) groups excluding carboxylic acids is 2. The van der Waals surface area contributed by atoms with Gasteiger partial charge in [-0.05, 0) is 63.7 Å². The van der Waals surface area contributed by atoms with Gasteiger partial charge >= 0.3 is 0 Å². The maximum atomic E-state index is 17.2. The van der Waals surface area contributed by atoms with E-state index in [1.807, 2.05) is 0 Å². The Hall–Kier alpha value is -1.84. The zero-order valence-electron chi connectivity index (χ0n) is 19.1. The third kappa shape index (κ3) is 2.53. The minimum atomic E-state index is -2.26. The van der Waals surface area contributed by atoms with E-state index in [0.29, 0.717) is 0 Å². The predicted octanol–water partition coefficient (Wildman–Crippen LogP) is 3.14. The van der Waals surface area contributed by atoms with E-state index in [4.69, 9.17) is 9.47 Å². The number of hydrogen-bond acceptors (Lipinski definition) is 7. The summed E-state index contributed by atoms with van der Waals surface area (Å²) in [5.41, 5.74) is -6.44. The fraction of sp³-hybridized carbons (Fsp3) is 0.750. The van der Waals surface area contributed by atoms with Gasteiger partial charge in [-0.1, -0.05) is 18.2 Å². The highest BCUT2D eigenvalue weighted by Crippen LogP contribution is 2.72. The first-order valence-corrected chi connectivity index (χ1v) is 11.4. The van der Waals surface area contributed by atoms with Crippen molar-refractivity contribution in [1.29, 1.82) is 0 Å². The largest absolute Gasteiger partial charge is 0.390 e. The number of nitroso groups, excluding NO2 is 1. The number of aliphatic hydroxyl groups is 1. The molecule has 180 valence electrons. The van der Waals surface area contributed by atoms with Crippen molar-refractivity contribution in [3.8, 4) is 0 Å². The lowest BCUT2D eigenvalue weighted by atomic mass is 9.44. The van der Waals surface area contributed by atoms with Crippen molar-refractivity contribution in [3.63, 3.8) is 0 Å². The lowest BCUT2D eigenvalue weighted by Gasteiger charge is -2.63. The van der Waals surface area contributed by atoms with Crippen LogP contribution >= 0.6 is 0 Å². The van der Waals surface area contributed by atoms with E-state index < -0.39 is 76.2 Å². The maximum absolute atomic E-state index is 17.2. The second-order valence-corrected chi connectivity index (χ2v) is 11.1. The van der Waals surface area contributed by atoms with Gasteiger partial charge in [0.05, 0.1) is 12.2 Å². The molecule has 0 spiro atoms. The standard InChI is InChI=1S/C24H29F2NO6/c1-20(2)32-19-9-13-14-8-16(25)15-7-12(28)5-6-21(15,3)23(14,26)17(29)10-22(13,4)24(19,33-20)18(30)11-27-31/h5-7,13-14,16-17,19,29H,8-11H2,1-4H3/t13-,14-,16-,17-,19+,21-,22-,23-,24+/m0/s1. The molecule has 1 aliphatic heterocycles. The second-order valence-electron chi connectivity index (χ2n) is 11.1. The molecule has 1 heterocycles. The monoisotopic (exact) mass is 465 g/mol. The highest BCUT2D eigenvalue weighted by molar-refractivity contribution is 6.01. The quantitative estimate of drug-likeness (QED) is 0.643. The van der Waals surface area contributed by atoms with E-state index in [1.54, 1.807) is 20.8 Å². The zero-order valence-corrected chi connectivity index (χ0v) is 19.1.